The average molecular weight is 447 g/mol. The minimum absolute atomic E-state index is 0.0135. The molecular formula is C22H30N4O4S. The monoisotopic (exact) mass is 446 g/mol. The van der Waals surface area contributed by atoms with Crippen molar-refractivity contribution in [2.45, 2.75) is 25.3 Å². The number of sulfonamides is 1. The van der Waals surface area contributed by atoms with Gasteiger partial charge in [0.1, 0.15) is 0 Å². The number of benzene rings is 2. The van der Waals surface area contributed by atoms with Crippen molar-refractivity contribution in [3.8, 4) is 0 Å². The molecule has 0 atom stereocenters. The fraction of sp³-hybridized carbons (Fsp3) is 0.364. The van der Waals surface area contributed by atoms with Gasteiger partial charge in [0.25, 0.3) is 5.91 Å². The summed E-state index contributed by atoms with van der Waals surface area (Å²) in [5.74, 6) is -0.897. The predicted molar refractivity (Wildman–Crippen MR) is 121 cm³/mol. The van der Waals surface area contributed by atoms with E-state index in [9.17, 15) is 18.0 Å². The molecule has 0 aliphatic heterocycles. The van der Waals surface area contributed by atoms with Crippen molar-refractivity contribution in [1.29, 1.82) is 0 Å². The van der Waals surface area contributed by atoms with Gasteiger partial charge < -0.3 is 10.6 Å². The molecule has 0 aliphatic carbocycles. The van der Waals surface area contributed by atoms with E-state index >= 15 is 0 Å². The lowest BCUT2D eigenvalue weighted by Gasteiger charge is -2.18. The van der Waals surface area contributed by atoms with Crippen LogP contribution in [0.5, 0.6) is 0 Å². The number of hydrogen-bond acceptors (Lipinski definition) is 5. The summed E-state index contributed by atoms with van der Waals surface area (Å²) in [6, 6.07) is 13.3. The van der Waals surface area contributed by atoms with Crippen LogP contribution in [0, 0.1) is 0 Å². The SMILES string of the molecule is CCN(CC)Cc1cccc(NC(=O)CNC(=O)c2cccc(S(=O)(=O)N(C)C)c2)c1. The van der Waals surface area contributed by atoms with E-state index in [1.165, 1.54) is 38.4 Å². The highest BCUT2D eigenvalue weighted by Crippen LogP contribution is 2.15. The van der Waals surface area contributed by atoms with Crippen LogP contribution in [0.3, 0.4) is 0 Å². The summed E-state index contributed by atoms with van der Waals surface area (Å²) in [7, 11) is -0.811. The Kier molecular flexibility index (Phi) is 8.73. The first-order valence-corrected chi connectivity index (χ1v) is 11.5. The highest BCUT2D eigenvalue weighted by atomic mass is 32.2. The lowest BCUT2D eigenvalue weighted by atomic mass is 10.2. The molecule has 2 N–H and O–H groups in total. The molecule has 0 unspecified atom stereocenters. The van der Waals surface area contributed by atoms with E-state index in [0.29, 0.717) is 5.69 Å². The van der Waals surface area contributed by atoms with Gasteiger partial charge in [-0.1, -0.05) is 32.0 Å². The normalized spacial score (nSPS) is 11.5. The molecule has 0 radical (unpaired) electrons. The molecular weight excluding hydrogens is 416 g/mol. The standard InChI is InChI=1S/C22H30N4O4S/c1-5-26(6-2)16-17-9-7-11-19(13-17)24-21(27)15-23-22(28)18-10-8-12-20(14-18)31(29,30)25(3)4/h7-14H,5-6,15-16H2,1-4H3,(H,23,28)(H,24,27). The van der Waals surface area contributed by atoms with Gasteiger partial charge in [-0.2, -0.15) is 0 Å². The van der Waals surface area contributed by atoms with Crippen LogP contribution in [0.15, 0.2) is 53.4 Å². The molecule has 9 heteroatoms. The van der Waals surface area contributed by atoms with E-state index < -0.39 is 15.9 Å². The van der Waals surface area contributed by atoms with E-state index in [0.717, 1.165) is 29.5 Å². The number of nitrogens with one attached hydrogen (secondary N) is 2. The number of carbonyl (C=O) groups excluding carboxylic acids is 2. The summed E-state index contributed by atoms with van der Waals surface area (Å²) < 4.78 is 25.5. The molecule has 0 aliphatic rings. The molecule has 2 aromatic rings. The highest BCUT2D eigenvalue weighted by Gasteiger charge is 2.19. The Hall–Kier alpha value is -2.75. The van der Waals surface area contributed by atoms with Gasteiger partial charge in [-0.3, -0.25) is 14.5 Å². The third kappa shape index (κ3) is 6.88. The van der Waals surface area contributed by atoms with Crippen LogP contribution in [-0.4, -0.2) is 63.2 Å². The molecule has 0 fully saturated rings. The van der Waals surface area contributed by atoms with Crippen molar-refractivity contribution in [1.82, 2.24) is 14.5 Å². The quantitative estimate of drug-likeness (QED) is 0.583. The van der Waals surface area contributed by atoms with Gasteiger partial charge in [0, 0.05) is 31.9 Å². The Morgan fingerprint density at radius 1 is 0.968 bits per heavy atom. The van der Waals surface area contributed by atoms with Gasteiger partial charge in [-0.15, -0.1) is 0 Å². The van der Waals surface area contributed by atoms with Crippen LogP contribution in [-0.2, 0) is 21.4 Å². The zero-order valence-electron chi connectivity index (χ0n) is 18.4. The number of amides is 2. The second-order valence-corrected chi connectivity index (χ2v) is 9.36. The van der Waals surface area contributed by atoms with Crippen molar-refractivity contribution in [2.75, 3.05) is 39.0 Å². The first-order valence-electron chi connectivity index (χ1n) is 10.1. The fourth-order valence-electron chi connectivity index (χ4n) is 2.93. The van der Waals surface area contributed by atoms with Gasteiger partial charge in [-0.25, -0.2) is 12.7 Å². The largest absolute Gasteiger partial charge is 0.343 e. The van der Waals surface area contributed by atoms with Crippen LogP contribution in [0.2, 0.25) is 0 Å². The van der Waals surface area contributed by atoms with E-state index in [2.05, 4.69) is 29.4 Å². The molecule has 0 bridgehead atoms. The molecule has 0 aromatic heterocycles. The van der Waals surface area contributed by atoms with E-state index in [1.54, 1.807) is 6.07 Å². The van der Waals surface area contributed by atoms with Crippen molar-refractivity contribution < 1.29 is 18.0 Å². The number of rotatable bonds is 10. The molecule has 0 saturated carbocycles. The first-order chi connectivity index (χ1) is 14.7. The van der Waals surface area contributed by atoms with E-state index in [4.69, 9.17) is 0 Å². The Bertz CT molecular complexity index is 1020. The highest BCUT2D eigenvalue weighted by molar-refractivity contribution is 7.89. The molecule has 168 valence electrons. The number of hydrogen-bond donors (Lipinski definition) is 2. The summed E-state index contributed by atoms with van der Waals surface area (Å²) in [5, 5.41) is 5.30. The number of nitrogens with zero attached hydrogens (tertiary/aromatic N) is 2. The minimum atomic E-state index is -3.65. The molecule has 31 heavy (non-hydrogen) atoms. The summed E-state index contributed by atoms with van der Waals surface area (Å²) in [6.07, 6.45) is 0. The summed E-state index contributed by atoms with van der Waals surface area (Å²) in [6.45, 7) is 6.64. The molecule has 0 heterocycles. The van der Waals surface area contributed by atoms with Gasteiger partial charge in [0.05, 0.1) is 11.4 Å². The van der Waals surface area contributed by atoms with E-state index in [-0.39, 0.29) is 22.9 Å². The van der Waals surface area contributed by atoms with Crippen molar-refractivity contribution in [3.63, 3.8) is 0 Å². The van der Waals surface area contributed by atoms with E-state index in [1.807, 2.05) is 18.2 Å². The van der Waals surface area contributed by atoms with Crippen molar-refractivity contribution >= 4 is 27.5 Å². The zero-order chi connectivity index (χ0) is 23.0. The first kappa shape index (κ1) is 24.5. The van der Waals surface area contributed by atoms with Crippen LogP contribution < -0.4 is 10.6 Å². The van der Waals surface area contributed by atoms with Crippen LogP contribution in [0.1, 0.15) is 29.8 Å². The topological polar surface area (TPSA) is 98.8 Å². The molecule has 2 aromatic carbocycles. The van der Waals surface area contributed by atoms with Crippen LogP contribution >= 0.6 is 0 Å². The maximum absolute atomic E-state index is 12.4. The van der Waals surface area contributed by atoms with Gasteiger partial charge in [0.15, 0.2) is 0 Å². The van der Waals surface area contributed by atoms with Gasteiger partial charge in [0.2, 0.25) is 15.9 Å². The van der Waals surface area contributed by atoms with Gasteiger partial charge >= 0.3 is 0 Å². The Labute approximate surface area is 184 Å². The van der Waals surface area contributed by atoms with Crippen molar-refractivity contribution in [2.24, 2.45) is 0 Å². The molecule has 0 saturated heterocycles. The second kappa shape index (κ2) is 11.0. The summed E-state index contributed by atoms with van der Waals surface area (Å²) in [4.78, 5) is 26.9. The van der Waals surface area contributed by atoms with Gasteiger partial charge in [-0.05, 0) is 49.0 Å². The molecule has 2 amide bonds. The maximum Gasteiger partial charge on any atom is 0.251 e. The lowest BCUT2D eigenvalue weighted by Crippen LogP contribution is -2.33. The number of anilines is 1. The Balaban J connectivity index is 1.97. The molecule has 8 nitrogen and oxygen atoms in total. The zero-order valence-corrected chi connectivity index (χ0v) is 19.2. The Morgan fingerprint density at radius 3 is 2.29 bits per heavy atom. The average Bonchev–Trinajstić information content (AvgIpc) is 2.76. The van der Waals surface area contributed by atoms with Crippen LogP contribution in [0.25, 0.3) is 0 Å². The number of carbonyl (C=O) groups is 2. The maximum atomic E-state index is 12.4. The summed E-state index contributed by atoms with van der Waals surface area (Å²) >= 11 is 0. The molecule has 0 spiro atoms. The Morgan fingerprint density at radius 2 is 1.65 bits per heavy atom. The predicted octanol–water partition coefficient (Wildman–Crippen LogP) is 2.15. The second-order valence-electron chi connectivity index (χ2n) is 7.21. The lowest BCUT2D eigenvalue weighted by molar-refractivity contribution is -0.115. The summed E-state index contributed by atoms with van der Waals surface area (Å²) in [5.41, 5.74) is 1.91. The fourth-order valence-corrected chi connectivity index (χ4v) is 3.88. The smallest absolute Gasteiger partial charge is 0.251 e. The van der Waals surface area contributed by atoms with Crippen LogP contribution in [0.4, 0.5) is 5.69 Å². The minimum Gasteiger partial charge on any atom is -0.343 e. The third-order valence-electron chi connectivity index (χ3n) is 4.80. The third-order valence-corrected chi connectivity index (χ3v) is 6.61. The molecule has 2 rings (SSSR count). The van der Waals surface area contributed by atoms with Crippen molar-refractivity contribution in [3.05, 3.63) is 59.7 Å².